The summed E-state index contributed by atoms with van der Waals surface area (Å²) in [5.41, 5.74) is 0.430. The summed E-state index contributed by atoms with van der Waals surface area (Å²) in [6.45, 7) is 7.67. The summed E-state index contributed by atoms with van der Waals surface area (Å²) in [5, 5.41) is 11.5. The molecule has 1 aromatic carbocycles. The lowest BCUT2D eigenvalue weighted by atomic mass is 9.72. The number of hydrogen-bond donors (Lipinski definition) is 1. The number of benzene rings is 1. The third kappa shape index (κ3) is 3.68. The van der Waals surface area contributed by atoms with Gasteiger partial charge in [-0.15, -0.1) is 0 Å². The van der Waals surface area contributed by atoms with Crippen LogP contribution in [0.5, 0.6) is 5.75 Å². The van der Waals surface area contributed by atoms with Crippen LogP contribution < -0.4 is 4.74 Å². The second kappa shape index (κ2) is 6.76. The molecule has 0 spiro atoms. The number of hydrogen-bond acceptors (Lipinski definition) is 4. The summed E-state index contributed by atoms with van der Waals surface area (Å²) >= 11 is 0. The first-order valence-corrected chi connectivity index (χ1v) is 9.52. The zero-order valence-electron chi connectivity index (χ0n) is 16.5. The van der Waals surface area contributed by atoms with Gasteiger partial charge in [0, 0.05) is 30.5 Å². The van der Waals surface area contributed by atoms with Gasteiger partial charge in [0.05, 0.1) is 12.7 Å². The molecular weight excluding hydrogens is 330 g/mol. The van der Waals surface area contributed by atoms with E-state index in [-0.39, 0.29) is 18.2 Å². The van der Waals surface area contributed by atoms with Crippen LogP contribution in [-0.4, -0.2) is 40.9 Å². The second-order valence-corrected chi connectivity index (χ2v) is 8.77. The molecule has 5 nitrogen and oxygen atoms in total. The van der Waals surface area contributed by atoms with Crippen LogP contribution in [0.3, 0.4) is 0 Å². The van der Waals surface area contributed by atoms with Crippen LogP contribution in [0.2, 0.25) is 0 Å². The van der Waals surface area contributed by atoms with Crippen molar-refractivity contribution in [3.8, 4) is 5.75 Å². The summed E-state index contributed by atoms with van der Waals surface area (Å²) in [6, 6.07) is 5.92. The molecule has 0 radical (unpaired) electrons. The highest BCUT2D eigenvalue weighted by molar-refractivity contribution is 5.69. The number of fused-ring (bicyclic) bond motifs is 2. The Labute approximate surface area is 156 Å². The number of piperidine rings is 2. The lowest BCUT2D eigenvalue weighted by Crippen LogP contribution is -2.59. The predicted octanol–water partition coefficient (Wildman–Crippen LogP) is 4.14. The zero-order valence-corrected chi connectivity index (χ0v) is 16.5. The van der Waals surface area contributed by atoms with Crippen LogP contribution in [0.15, 0.2) is 18.2 Å². The standard InChI is InChI=1S/C21H31NO4/c1-14-9-10-17(18(11-14)25-5)21(24)12-15-7-6-8-16(13-21)22(15)19(23)26-20(2,3)4/h9-11,15-16,24H,6-8,12-13H2,1-5H3. The SMILES string of the molecule is COc1cc(C)ccc1C1(O)CC2CCCC(C1)N2C(=O)OC(C)(C)C. The van der Waals surface area contributed by atoms with Gasteiger partial charge in [-0.05, 0) is 58.6 Å². The third-order valence-corrected chi connectivity index (χ3v) is 5.47. The highest BCUT2D eigenvalue weighted by Crippen LogP contribution is 2.47. The van der Waals surface area contributed by atoms with Crippen molar-refractivity contribution in [2.45, 2.75) is 83.1 Å². The van der Waals surface area contributed by atoms with Gasteiger partial charge in [-0.1, -0.05) is 12.1 Å². The smallest absolute Gasteiger partial charge is 0.410 e. The van der Waals surface area contributed by atoms with Crippen LogP contribution in [-0.2, 0) is 10.3 Å². The molecule has 3 rings (SSSR count). The van der Waals surface area contributed by atoms with Gasteiger partial charge < -0.3 is 19.5 Å². The quantitative estimate of drug-likeness (QED) is 0.860. The van der Waals surface area contributed by atoms with Crippen molar-refractivity contribution in [2.75, 3.05) is 7.11 Å². The van der Waals surface area contributed by atoms with Crippen LogP contribution in [0, 0.1) is 6.92 Å². The number of carbonyl (C=O) groups excluding carboxylic acids is 1. The van der Waals surface area contributed by atoms with E-state index < -0.39 is 11.2 Å². The van der Waals surface area contributed by atoms with Gasteiger partial charge >= 0.3 is 6.09 Å². The summed E-state index contributed by atoms with van der Waals surface area (Å²) in [4.78, 5) is 14.6. The summed E-state index contributed by atoms with van der Waals surface area (Å²) in [5.74, 6) is 0.719. The van der Waals surface area contributed by atoms with Crippen molar-refractivity contribution in [3.05, 3.63) is 29.3 Å². The first-order chi connectivity index (χ1) is 12.1. The lowest BCUT2D eigenvalue weighted by Gasteiger charge is -2.52. The Bertz CT molecular complexity index is 665. The number of nitrogens with zero attached hydrogens (tertiary/aromatic N) is 1. The van der Waals surface area contributed by atoms with Crippen molar-refractivity contribution in [1.82, 2.24) is 4.90 Å². The largest absolute Gasteiger partial charge is 0.496 e. The Morgan fingerprint density at radius 3 is 2.38 bits per heavy atom. The molecule has 2 aliphatic heterocycles. The molecule has 2 fully saturated rings. The van der Waals surface area contributed by atoms with Crippen LogP contribution in [0.25, 0.3) is 0 Å². The van der Waals surface area contributed by atoms with E-state index >= 15 is 0 Å². The molecule has 2 bridgehead atoms. The van der Waals surface area contributed by atoms with Gasteiger partial charge in [-0.3, -0.25) is 0 Å². The zero-order chi connectivity index (χ0) is 19.1. The molecule has 26 heavy (non-hydrogen) atoms. The molecule has 2 heterocycles. The predicted molar refractivity (Wildman–Crippen MR) is 100 cm³/mol. The van der Waals surface area contributed by atoms with Crippen molar-refractivity contribution >= 4 is 6.09 Å². The Morgan fingerprint density at radius 1 is 1.23 bits per heavy atom. The Kier molecular flexibility index (Phi) is 4.95. The van der Waals surface area contributed by atoms with E-state index in [4.69, 9.17) is 9.47 Å². The van der Waals surface area contributed by atoms with E-state index in [9.17, 15) is 9.90 Å². The number of rotatable bonds is 2. The fourth-order valence-electron chi connectivity index (χ4n) is 4.44. The number of amides is 1. The molecule has 2 saturated heterocycles. The van der Waals surface area contributed by atoms with Crippen molar-refractivity contribution < 1.29 is 19.4 Å². The highest BCUT2D eigenvalue weighted by Gasteiger charge is 2.49. The van der Waals surface area contributed by atoms with E-state index in [1.54, 1.807) is 7.11 Å². The summed E-state index contributed by atoms with van der Waals surface area (Å²) in [6.07, 6.45) is 3.64. The molecule has 5 heteroatoms. The second-order valence-electron chi connectivity index (χ2n) is 8.77. The monoisotopic (exact) mass is 361 g/mol. The van der Waals surface area contributed by atoms with Crippen LogP contribution in [0.1, 0.15) is 64.0 Å². The van der Waals surface area contributed by atoms with E-state index in [0.717, 1.165) is 36.1 Å². The molecule has 1 amide bonds. The van der Waals surface area contributed by atoms with Crippen molar-refractivity contribution in [3.63, 3.8) is 0 Å². The van der Waals surface area contributed by atoms with E-state index in [1.165, 1.54) is 0 Å². The lowest BCUT2D eigenvalue weighted by molar-refractivity contribution is -0.0972. The van der Waals surface area contributed by atoms with Gasteiger partial charge in [-0.2, -0.15) is 0 Å². The van der Waals surface area contributed by atoms with E-state index in [2.05, 4.69) is 0 Å². The summed E-state index contributed by atoms with van der Waals surface area (Å²) in [7, 11) is 1.64. The number of methoxy groups -OCH3 is 1. The highest BCUT2D eigenvalue weighted by atomic mass is 16.6. The third-order valence-electron chi connectivity index (χ3n) is 5.47. The first-order valence-electron chi connectivity index (χ1n) is 9.52. The van der Waals surface area contributed by atoms with Crippen LogP contribution in [0.4, 0.5) is 4.79 Å². The Hall–Kier alpha value is -1.75. The molecule has 2 atom stereocenters. The Morgan fingerprint density at radius 2 is 1.85 bits per heavy atom. The molecule has 2 unspecified atom stereocenters. The fourth-order valence-corrected chi connectivity index (χ4v) is 4.44. The maximum absolute atomic E-state index is 12.7. The minimum absolute atomic E-state index is 0.00615. The molecule has 1 N–H and O–H groups in total. The fraction of sp³-hybridized carbons (Fsp3) is 0.667. The maximum Gasteiger partial charge on any atom is 0.410 e. The van der Waals surface area contributed by atoms with Gasteiger partial charge in [0.25, 0.3) is 0 Å². The number of ether oxygens (including phenoxy) is 2. The average Bonchev–Trinajstić information content (AvgIpc) is 2.51. The maximum atomic E-state index is 12.7. The number of aliphatic hydroxyl groups is 1. The van der Waals surface area contributed by atoms with Crippen molar-refractivity contribution in [2.24, 2.45) is 0 Å². The Balaban J connectivity index is 1.89. The molecule has 0 saturated carbocycles. The minimum atomic E-state index is -0.979. The molecule has 2 aliphatic rings. The van der Waals surface area contributed by atoms with Crippen LogP contribution >= 0.6 is 0 Å². The molecule has 0 aliphatic carbocycles. The van der Waals surface area contributed by atoms with Crippen molar-refractivity contribution in [1.29, 1.82) is 0 Å². The molecule has 144 valence electrons. The topological polar surface area (TPSA) is 59.0 Å². The average molecular weight is 361 g/mol. The van der Waals surface area contributed by atoms with Gasteiger partial charge in [0.2, 0.25) is 0 Å². The summed E-state index contributed by atoms with van der Waals surface area (Å²) < 4.78 is 11.2. The van der Waals surface area contributed by atoms with Gasteiger partial charge in [-0.25, -0.2) is 4.79 Å². The normalized spacial score (nSPS) is 28.6. The molecule has 1 aromatic rings. The van der Waals surface area contributed by atoms with E-state index in [0.29, 0.717) is 12.8 Å². The van der Waals surface area contributed by atoms with Gasteiger partial charge in [0.1, 0.15) is 11.4 Å². The minimum Gasteiger partial charge on any atom is -0.496 e. The molecule has 0 aromatic heterocycles. The number of carbonyl (C=O) groups is 1. The molecular formula is C21H31NO4. The number of aryl methyl sites for hydroxylation is 1. The van der Waals surface area contributed by atoms with Gasteiger partial charge in [0.15, 0.2) is 0 Å². The first kappa shape index (κ1) is 19.0. The van der Waals surface area contributed by atoms with E-state index in [1.807, 2.05) is 50.8 Å².